The van der Waals surface area contributed by atoms with Gasteiger partial charge >= 0.3 is 5.97 Å². The minimum atomic E-state index is -0.465. The van der Waals surface area contributed by atoms with Crippen molar-refractivity contribution in [3.05, 3.63) is 71.1 Å². The van der Waals surface area contributed by atoms with Gasteiger partial charge in [0.05, 0.1) is 19.3 Å². The zero-order chi connectivity index (χ0) is 19.2. The third-order valence-electron chi connectivity index (χ3n) is 3.93. The normalized spacial score (nSPS) is 10.3. The van der Waals surface area contributed by atoms with E-state index < -0.39 is 5.97 Å². The number of anilines is 1. The number of benzene rings is 2. The van der Waals surface area contributed by atoms with Crippen LogP contribution in [-0.2, 0) is 4.74 Å². The van der Waals surface area contributed by atoms with Crippen LogP contribution < -0.4 is 10.1 Å². The molecule has 0 atom stereocenters. The van der Waals surface area contributed by atoms with Crippen molar-refractivity contribution in [3.63, 3.8) is 0 Å². The number of carbonyl (C=O) groups is 2. The van der Waals surface area contributed by atoms with Gasteiger partial charge < -0.3 is 14.8 Å². The van der Waals surface area contributed by atoms with Gasteiger partial charge in [-0.05, 0) is 24.6 Å². The van der Waals surface area contributed by atoms with Gasteiger partial charge in [0, 0.05) is 10.9 Å². The molecule has 0 aliphatic heterocycles. The van der Waals surface area contributed by atoms with Crippen molar-refractivity contribution < 1.29 is 19.1 Å². The van der Waals surface area contributed by atoms with Crippen LogP contribution in [0.15, 0.2) is 60.0 Å². The van der Waals surface area contributed by atoms with E-state index in [0.29, 0.717) is 21.9 Å². The lowest BCUT2D eigenvalue weighted by atomic mass is 10.0. The second kappa shape index (κ2) is 8.51. The molecule has 1 amide bonds. The molecular formula is C21H19NO4S. The number of rotatable bonds is 6. The van der Waals surface area contributed by atoms with Crippen molar-refractivity contribution in [3.8, 4) is 16.9 Å². The summed E-state index contributed by atoms with van der Waals surface area (Å²) >= 11 is 1.29. The van der Waals surface area contributed by atoms with Gasteiger partial charge in [0.2, 0.25) is 0 Å². The largest absolute Gasteiger partial charge is 0.496 e. The molecule has 0 saturated heterocycles. The van der Waals surface area contributed by atoms with Crippen molar-refractivity contribution in [2.24, 2.45) is 0 Å². The molecule has 1 aromatic heterocycles. The Morgan fingerprint density at radius 2 is 1.74 bits per heavy atom. The third-order valence-corrected chi connectivity index (χ3v) is 4.83. The van der Waals surface area contributed by atoms with E-state index in [1.165, 1.54) is 18.4 Å². The Bertz CT molecular complexity index is 950. The van der Waals surface area contributed by atoms with E-state index in [9.17, 15) is 9.59 Å². The topological polar surface area (TPSA) is 64.6 Å². The summed E-state index contributed by atoms with van der Waals surface area (Å²) in [5, 5.41) is 5.12. The molecule has 0 saturated carbocycles. The molecular weight excluding hydrogens is 362 g/mol. The number of amides is 1. The number of ether oxygens (including phenoxy) is 2. The average molecular weight is 381 g/mol. The minimum absolute atomic E-state index is 0.253. The Morgan fingerprint density at radius 3 is 2.44 bits per heavy atom. The summed E-state index contributed by atoms with van der Waals surface area (Å²) in [4.78, 5) is 25.3. The highest BCUT2D eigenvalue weighted by atomic mass is 32.1. The molecule has 0 aliphatic carbocycles. The Labute approximate surface area is 161 Å². The van der Waals surface area contributed by atoms with Crippen molar-refractivity contribution in [2.75, 3.05) is 19.0 Å². The van der Waals surface area contributed by atoms with Crippen LogP contribution in [0.3, 0.4) is 0 Å². The van der Waals surface area contributed by atoms with Gasteiger partial charge in [-0.1, -0.05) is 42.5 Å². The highest BCUT2D eigenvalue weighted by Gasteiger charge is 2.23. The van der Waals surface area contributed by atoms with Gasteiger partial charge in [0.1, 0.15) is 16.3 Å². The standard InChI is InChI=1S/C21H19NO4S/c1-3-26-21(24)18-16(14-9-5-4-6-10-14)13-27-20(18)22-19(23)15-11-7-8-12-17(15)25-2/h4-13H,3H2,1-2H3,(H,22,23). The summed E-state index contributed by atoms with van der Waals surface area (Å²) in [6.45, 7) is 2.00. The monoisotopic (exact) mass is 381 g/mol. The summed E-state index contributed by atoms with van der Waals surface area (Å²) in [5.41, 5.74) is 2.37. The molecule has 0 fully saturated rings. The van der Waals surface area contributed by atoms with E-state index in [1.807, 2.05) is 35.7 Å². The molecule has 0 spiro atoms. The van der Waals surface area contributed by atoms with Crippen molar-refractivity contribution >= 4 is 28.2 Å². The number of esters is 1. The third kappa shape index (κ3) is 4.01. The predicted molar refractivity (Wildman–Crippen MR) is 107 cm³/mol. The predicted octanol–water partition coefficient (Wildman–Crippen LogP) is 4.85. The summed E-state index contributed by atoms with van der Waals surface area (Å²) in [6.07, 6.45) is 0. The number of hydrogen-bond donors (Lipinski definition) is 1. The Balaban J connectivity index is 1.99. The zero-order valence-electron chi connectivity index (χ0n) is 15.0. The van der Waals surface area contributed by atoms with E-state index in [0.717, 1.165) is 11.1 Å². The van der Waals surface area contributed by atoms with E-state index >= 15 is 0 Å². The fraction of sp³-hybridized carbons (Fsp3) is 0.143. The molecule has 27 heavy (non-hydrogen) atoms. The molecule has 0 bridgehead atoms. The van der Waals surface area contributed by atoms with Crippen LogP contribution in [0.4, 0.5) is 5.00 Å². The minimum Gasteiger partial charge on any atom is -0.496 e. The van der Waals surface area contributed by atoms with Crippen LogP contribution in [0.25, 0.3) is 11.1 Å². The summed E-state index contributed by atoms with van der Waals surface area (Å²) in [6, 6.07) is 16.5. The molecule has 3 aromatic rings. The number of thiophene rings is 1. The average Bonchev–Trinajstić information content (AvgIpc) is 3.12. The first-order valence-corrected chi connectivity index (χ1v) is 9.32. The summed E-state index contributed by atoms with van der Waals surface area (Å²) in [5.74, 6) is -0.347. The molecule has 0 unspecified atom stereocenters. The molecule has 6 heteroatoms. The smallest absolute Gasteiger partial charge is 0.341 e. The van der Waals surface area contributed by atoms with Gasteiger partial charge in [-0.15, -0.1) is 11.3 Å². The molecule has 1 heterocycles. The maximum atomic E-state index is 12.7. The van der Waals surface area contributed by atoms with Crippen LogP contribution in [0.1, 0.15) is 27.6 Å². The van der Waals surface area contributed by atoms with Crippen molar-refractivity contribution in [1.29, 1.82) is 0 Å². The van der Waals surface area contributed by atoms with E-state index in [-0.39, 0.29) is 12.5 Å². The number of para-hydroxylation sites is 1. The lowest BCUT2D eigenvalue weighted by Crippen LogP contribution is -2.15. The Morgan fingerprint density at radius 1 is 1.04 bits per heavy atom. The summed E-state index contributed by atoms with van der Waals surface area (Å²) < 4.78 is 10.5. The quantitative estimate of drug-likeness (QED) is 0.620. The SMILES string of the molecule is CCOC(=O)c1c(-c2ccccc2)csc1NC(=O)c1ccccc1OC. The van der Waals surface area contributed by atoms with Gasteiger partial charge in [-0.25, -0.2) is 4.79 Å². The maximum Gasteiger partial charge on any atom is 0.341 e. The molecule has 138 valence electrons. The van der Waals surface area contributed by atoms with Gasteiger partial charge in [0.25, 0.3) is 5.91 Å². The van der Waals surface area contributed by atoms with Crippen LogP contribution in [0.5, 0.6) is 5.75 Å². The zero-order valence-corrected chi connectivity index (χ0v) is 15.8. The second-order valence-electron chi connectivity index (χ2n) is 5.59. The highest BCUT2D eigenvalue weighted by molar-refractivity contribution is 7.15. The van der Waals surface area contributed by atoms with E-state index in [2.05, 4.69) is 5.32 Å². The van der Waals surface area contributed by atoms with Gasteiger partial charge in [-0.3, -0.25) is 4.79 Å². The van der Waals surface area contributed by atoms with Gasteiger partial charge in [-0.2, -0.15) is 0 Å². The molecule has 3 rings (SSSR count). The van der Waals surface area contributed by atoms with E-state index in [1.54, 1.807) is 31.2 Å². The number of methoxy groups -OCH3 is 1. The lowest BCUT2D eigenvalue weighted by Gasteiger charge is -2.10. The van der Waals surface area contributed by atoms with Crippen LogP contribution in [0.2, 0.25) is 0 Å². The Kier molecular flexibility index (Phi) is 5.88. The van der Waals surface area contributed by atoms with Crippen molar-refractivity contribution in [1.82, 2.24) is 0 Å². The van der Waals surface area contributed by atoms with Crippen LogP contribution in [0, 0.1) is 0 Å². The number of nitrogens with one attached hydrogen (secondary N) is 1. The van der Waals surface area contributed by atoms with Crippen LogP contribution >= 0.6 is 11.3 Å². The number of carbonyl (C=O) groups excluding carboxylic acids is 2. The molecule has 5 nitrogen and oxygen atoms in total. The molecule has 1 N–H and O–H groups in total. The fourth-order valence-electron chi connectivity index (χ4n) is 2.69. The lowest BCUT2D eigenvalue weighted by molar-refractivity contribution is 0.0529. The van der Waals surface area contributed by atoms with E-state index in [4.69, 9.17) is 9.47 Å². The second-order valence-corrected chi connectivity index (χ2v) is 6.47. The molecule has 0 radical (unpaired) electrons. The number of hydrogen-bond acceptors (Lipinski definition) is 5. The fourth-order valence-corrected chi connectivity index (χ4v) is 3.64. The maximum absolute atomic E-state index is 12.7. The van der Waals surface area contributed by atoms with Crippen molar-refractivity contribution in [2.45, 2.75) is 6.92 Å². The van der Waals surface area contributed by atoms with Crippen LogP contribution in [-0.4, -0.2) is 25.6 Å². The highest BCUT2D eigenvalue weighted by Crippen LogP contribution is 2.36. The Hall–Kier alpha value is -3.12. The summed E-state index contributed by atoms with van der Waals surface area (Å²) in [7, 11) is 1.51. The first-order valence-electron chi connectivity index (χ1n) is 8.44. The molecule has 2 aromatic carbocycles. The first-order chi connectivity index (χ1) is 13.2. The molecule has 0 aliphatic rings. The first kappa shape index (κ1) is 18.7. The van der Waals surface area contributed by atoms with Gasteiger partial charge in [0.15, 0.2) is 0 Å².